The highest BCUT2D eigenvalue weighted by atomic mass is 32.2. The fraction of sp³-hybridized carbons (Fsp3) is 0.467. The van der Waals surface area contributed by atoms with E-state index in [1.807, 2.05) is 18.4 Å². The third-order valence-corrected chi connectivity index (χ3v) is 5.43. The van der Waals surface area contributed by atoms with Crippen LogP contribution in [-0.2, 0) is 23.0 Å². The van der Waals surface area contributed by atoms with Crippen LogP contribution in [0, 0.1) is 6.92 Å². The Bertz CT molecular complexity index is 784. The highest BCUT2D eigenvalue weighted by Crippen LogP contribution is 2.19. The number of fused-ring (bicyclic) bond motifs is 1. The zero-order chi connectivity index (χ0) is 16.4. The first-order valence-electron chi connectivity index (χ1n) is 7.63. The lowest BCUT2D eigenvalue weighted by Crippen LogP contribution is -2.41. The zero-order valence-electron chi connectivity index (χ0n) is 13.2. The molecule has 1 aliphatic rings. The Balaban J connectivity index is 1.73. The Morgan fingerprint density at radius 2 is 2.04 bits per heavy atom. The van der Waals surface area contributed by atoms with Crippen LogP contribution in [0.2, 0.25) is 0 Å². The molecule has 2 heterocycles. The van der Waals surface area contributed by atoms with Crippen LogP contribution in [-0.4, -0.2) is 35.8 Å². The predicted molar refractivity (Wildman–Crippen MR) is 84.8 cm³/mol. The van der Waals surface area contributed by atoms with Gasteiger partial charge in [0.1, 0.15) is 17.4 Å². The van der Waals surface area contributed by atoms with Crippen LogP contribution in [0.15, 0.2) is 29.2 Å². The molecule has 0 aliphatic carbocycles. The molecule has 2 aromatic rings. The monoisotopic (exact) mass is 336 g/mol. The molecular formula is C15H20N4O3S. The van der Waals surface area contributed by atoms with E-state index in [0.717, 1.165) is 18.1 Å². The predicted octanol–water partition coefficient (Wildman–Crippen LogP) is 1.28. The summed E-state index contributed by atoms with van der Waals surface area (Å²) in [4.78, 5) is 0.243. The second-order valence-corrected chi connectivity index (χ2v) is 7.25. The number of nitrogens with one attached hydrogen (secondary N) is 1. The maximum atomic E-state index is 12.5. The molecule has 0 fully saturated rings. The number of sulfonamides is 1. The maximum Gasteiger partial charge on any atom is 0.240 e. The summed E-state index contributed by atoms with van der Waals surface area (Å²) >= 11 is 0. The number of hydrogen-bond acceptors (Lipinski definition) is 5. The first-order valence-corrected chi connectivity index (χ1v) is 9.12. The van der Waals surface area contributed by atoms with Crippen LogP contribution in [0.25, 0.3) is 0 Å². The quantitative estimate of drug-likeness (QED) is 0.889. The van der Waals surface area contributed by atoms with Gasteiger partial charge < -0.3 is 9.30 Å². The van der Waals surface area contributed by atoms with E-state index < -0.39 is 10.0 Å². The van der Waals surface area contributed by atoms with Crippen molar-refractivity contribution in [2.75, 3.05) is 6.61 Å². The summed E-state index contributed by atoms with van der Waals surface area (Å²) < 4.78 is 35.1. The summed E-state index contributed by atoms with van der Waals surface area (Å²) in [5.74, 6) is 2.39. The smallest absolute Gasteiger partial charge is 0.240 e. The van der Waals surface area contributed by atoms with Crippen LogP contribution in [0.4, 0.5) is 0 Å². The Labute approximate surface area is 135 Å². The lowest BCUT2D eigenvalue weighted by atomic mass is 10.1. The molecule has 0 saturated heterocycles. The standard InChI is InChI=1S/C15H20N4O3S/c1-3-22-13-5-7-14(8-6-13)23(20,21)18-12-4-9-15-17-16-11(2)19(15)10-12/h5-8,12,18H,3-4,9-10H2,1-2H3/t12-/m0/s1. The van der Waals surface area contributed by atoms with Crippen molar-refractivity contribution in [2.24, 2.45) is 0 Å². The number of aryl methyl sites for hydroxylation is 2. The van der Waals surface area contributed by atoms with E-state index in [1.165, 1.54) is 0 Å². The molecule has 0 spiro atoms. The number of benzene rings is 1. The van der Waals surface area contributed by atoms with Crippen LogP contribution in [0.3, 0.4) is 0 Å². The molecule has 1 N–H and O–H groups in total. The number of ether oxygens (including phenoxy) is 1. The third-order valence-electron chi connectivity index (χ3n) is 3.90. The maximum absolute atomic E-state index is 12.5. The molecule has 0 unspecified atom stereocenters. The van der Waals surface area contributed by atoms with Crippen molar-refractivity contribution in [2.45, 2.75) is 44.2 Å². The van der Waals surface area contributed by atoms with Gasteiger partial charge in [-0.25, -0.2) is 13.1 Å². The van der Waals surface area contributed by atoms with Crippen molar-refractivity contribution < 1.29 is 13.2 Å². The minimum atomic E-state index is -3.55. The molecule has 1 aliphatic heterocycles. The van der Waals surface area contributed by atoms with Gasteiger partial charge in [0.2, 0.25) is 10.0 Å². The average molecular weight is 336 g/mol. The first kappa shape index (κ1) is 15.9. The van der Waals surface area contributed by atoms with E-state index >= 15 is 0 Å². The van der Waals surface area contributed by atoms with Crippen molar-refractivity contribution in [3.63, 3.8) is 0 Å². The number of nitrogens with zero attached hydrogens (tertiary/aromatic N) is 3. The number of aromatic nitrogens is 3. The highest BCUT2D eigenvalue weighted by Gasteiger charge is 2.26. The summed E-state index contributed by atoms with van der Waals surface area (Å²) in [5.41, 5.74) is 0. The van der Waals surface area contributed by atoms with E-state index in [9.17, 15) is 8.42 Å². The summed E-state index contributed by atoms with van der Waals surface area (Å²) in [6.07, 6.45) is 1.44. The van der Waals surface area contributed by atoms with Crippen molar-refractivity contribution in [3.8, 4) is 5.75 Å². The second-order valence-electron chi connectivity index (χ2n) is 5.54. The van der Waals surface area contributed by atoms with Gasteiger partial charge >= 0.3 is 0 Å². The lowest BCUT2D eigenvalue weighted by molar-refractivity contribution is 0.340. The lowest BCUT2D eigenvalue weighted by Gasteiger charge is -2.24. The van der Waals surface area contributed by atoms with E-state index in [1.54, 1.807) is 24.3 Å². The highest BCUT2D eigenvalue weighted by molar-refractivity contribution is 7.89. The number of hydrogen-bond donors (Lipinski definition) is 1. The average Bonchev–Trinajstić information content (AvgIpc) is 2.89. The Kier molecular flexibility index (Phi) is 4.36. The van der Waals surface area contributed by atoms with Crippen molar-refractivity contribution in [1.29, 1.82) is 0 Å². The molecule has 1 aromatic carbocycles. The summed E-state index contributed by atoms with van der Waals surface area (Å²) in [5, 5.41) is 8.13. The molecule has 23 heavy (non-hydrogen) atoms. The summed E-state index contributed by atoms with van der Waals surface area (Å²) in [6.45, 7) is 4.87. The number of rotatable bonds is 5. The Hall–Kier alpha value is -1.93. The van der Waals surface area contributed by atoms with Crippen LogP contribution < -0.4 is 9.46 Å². The van der Waals surface area contributed by atoms with E-state index in [0.29, 0.717) is 25.3 Å². The molecular weight excluding hydrogens is 316 g/mol. The normalized spacial score (nSPS) is 17.7. The Morgan fingerprint density at radius 1 is 1.30 bits per heavy atom. The first-order chi connectivity index (χ1) is 11.0. The zero-order valence-corrected chi connectivity index (χ0v) is 14.0. The van der Waals surface area contributed by atoms with Gasteiger partial charge in [-0.15, -0.1) is 10.2 Å². The van der Waals surface area contributed by atoms with Gasteiger partial charge in [-0.05, 0) is 44.5 Å². The van der Waals surface area contributed by atoms with Gasteiger partial charge in [-0.1, -0.05) is 0 Å². The summed E-state index contributed by atoms with van der Waals surface area (Å²) in [7, 11) is -3.55. The van der Waals surface area contributed by atoms with Crippen molar-refractivity contribution in [3.05, 3.63) is 35.9 Å². The molecule has 8 heteroatoms. The van der Waals surface area contributed by atoms with E-state index in [2.05, 4.69) is 14.9 Å². The second kappa shape index (κ2) is 6.29. The molecule has 124 valence electrons. The van der Waals surface area contributed by atoms with Gasteiger partial charge in [0.05, 0.1) is 11.5 Å². The van der Waals surface area contributed by atoms with Gasteiger partial charge in [0.25, 0.3) is 0 Å². The topological polar surface area (TPSA) is 86.1 Å². The molecule has 1 aromatic heterocycles. The molecule has 0 bridgehead atoms. The van der Waals surface area contributed by atoms with Crippen molar-refractivity contribution in [1.82, 2.24) is 19.5 Å². The SMILES string of the molecule is CCOc1ccc(S(=O)(=O)N[C@H]2CCc3nnc(C)n3C2)cc1. The third kappa shape index (κ3) is 3.37. The molecule has 1 atom stereocenters. The van der Waals surface area contributed by atoms with Crippen LogP contribution in [0.5, 0.6) is 5.75 Å². The molecule has 7 nitrogen and oxygen atoms in total. The van der Waals surface area contributed by atoms with Crippen molar-refractivity contribution >= 4 is 10.0 Å². The largest absolute Gasteiger partial charge is 0.494 e. The van der Waals surface area contributed by atoms with Gasteiger partial charge in [-0.2, -0.15) is 0 Å². The van der Waals surface area contributed by atoms with Gasteiger partial charge in [0, 0.05) is 19.0 Å². The minimum Gasteiger partial charge on any atom is -0.494 e. The molecule has 0 saturated carbocycles. The van der Waals surface area contributed by atoms with Gasteiger partial charge in [0.15, 0.2) is 0 Å². The summed E-state index contributed by atoms with van der Waals surface area (Å²) in [6, 6.07) is 6.30. The van der Waals surface area contributed by atoms with Crippen LogP contribution in [0.1, 0.15) is 25.0 Å². The Morgan fingerprint density at radius 3 is 2.74 bits per heavy atom. The molecule has 3 rings (SSSR count). The molecule has 0 radical (unpaired) electrons. The van der Waals surface area contributed by atoms with Crippen LogP contribution >= 0.6 is 0 Å². The molecule has 0 amide bonds. The van der Waals surface area contributed by atoms with Gasteiger partial charge in [-0.3, -0.25) is 0 Å². The minimum absolute atomic E-state index is 0.159. The van der Waals surface area contributed by atoms with E-state index in [4.69, 9.17) is 4.74 Å². The fourth-order valence-corrected chi connectivity index (χ4v) is 3.99. The fourth-order valence-electron chi connectivity index (χ4n) is 2.73. The van der Waals surface area contributed by atoms with E-state index in [-0.39, 0.29) is 10.9 Å².